The Kier molecular flexibility index (Phi) is 6.00. The number of ether oxygens (including phenoxy) is 1. The van der Waals surface area contributed by atoms with Crippen LogP contribution in [0.3, 0.4) is 0 Å². The number of hydrogen-bond donors (Lipinski definition) is 2. The molecule has 1 aromatic heterocycles. The normalized spacial score (nSPS) is 11.5. The van der Waals surface area contributed by atoms with Crippen molar-refractivity contribution < 1.29 is 14.3 Å². The smallest absolute Gasteiger partial charge is 0.251 e. The highest BCUT2D eigenvalue weighted by atomic mass is 32.1. The summed E-state index contributed by atoms with van der Waals surface area (Å²) in [5.41, 5.74) is 2.50. The average Bonchev–Trinajstić information content (AvgIpc) is 3.16. The lowest BCUT2D eigenvalue weighted by molar-refractivity contribution is -0.117. The van der Waals surface area contributed by atoms with E-state index in [1.165, 1.54) is 11.3 Å². The molecule has 8 heteroatoms. The van der Waals surface area contributed by atoms with Crippen molar-refractivity contribution in [2.75, 3.05) is 12.4 Å². The maximum Gasteiger partial charge on any atom is 0.251 e. The Hall–Kier alpha value is -3.26. The van der Waals surface area contributed by atoms with E-state index in [1.807, 2.05) is 31.2 Å². The van der Waals surface area contributed by atoms with Crippen molar-refractivity contribution in [3.8, 4) is 16.3 Å². The van der Waals surface area contributed by atoms with E-state index < -0.39 is 6.04 Å². The van der Waals surface area contributed by atoms with E-state index in [2.05, 4.69) is 20.8 Å². The van der Waals surface area contributed by atoms with Gasteiger partial charge in [-0.05, 0) is 44.2 Å². The Morgan fingerprint density at radius 3 is 2.54 bits per heavy atom. The van der Waals surface area contributed by atoms with Crippen molar-refractivity contribution in [3.63, 3.8) is 0 Å². The predicted molar refractivity (Wildman–Crippen MR) is 109 cm³/mol. The first-order valence-corrected chi connectivity index (χ1v) is 9.44. The summed E-state index contributed by atoms with van der Waals surface area (Å²) in [6.45, 7) is 3.61. The van der Waals surface area contributed by atoms with Crippen molar-refractivity contribution >= 4 is 28.3 Å². The summed E-state index contributed by atoms with van der Waals surface area (Å²) in [7, 11) is 1.55. The second kappa shape index (κ2) is 8.62. The third kappa shape index (κ3) is 4.72. The Labute approximate surface area is 166 Å². The first kappa shape index (κ1) is 19.5. The van der Waals surface area contributed by atoms with Crippen LogP contribution >= 0.6 is 11.3 Å². The monoisotopic (exact) mass is 396 g/mol. The Bertz CT molecular complexity index is 985. The molecular weight excluding hydrogens is 376 g/mol. The van der Waals surface area contributed by atoms with Gasteiger partial charge in [-0.25, -0.2) is 0 Å². The number of methoxy groups -OCH3 is 1. The van der Waals surface area contributed by atoms with Crippen LogP contribution < -0.4 is 15.4 Å². The molecular formula is C20H20N4O3S. The first-order valence-electron chi connectivity index (χ1n) is 8.62. The molecule has 2 amide bonds. The summed E-state index contributed by atoms with van der Waals surface area (Å²) in [5, 5.41) is 14.6. The predicted octanol–water partition coefficient (Wildman–Crippen LogP) is 3.28. The molecule has 7 nitrogen and oxygen atoms in total. The first-order chi connectivity index (χ1) is 13.5. The Balaban J connectivity index is 1.60. The highest BCUT2D eigenvalue weighted by Crippen LogP contribution is 2.26. The van der Waals surface area contributed by atoms with Crippen molar-refractivity contribution in [1.29, 1.82) is 0 Å². The number of rotatable bonds is 6. The molecule has 0 saturated heterocycles. The molecule has 0 saturated carbocycles. The summed E-state index contributed by atoms with van der Waals surface area (Å²) >= 11 is 1.28. The zero-order chi connectivity index (χ0) is 20.1. The van der Waals surface area contributed by atoms with Crippen LogP contribution in [0.25, 0.3) is 10.6 Å². The lowest BCUT2D eigenvalue weighted by atomic mass is 10.1. The summed E-state index contributed by atoms with van der Waals surface area (Å²) < 4.78 is 5.07. The van der Waals surface area contributed by atoms with E-state index in [0.717, 1.165) is 11.1 Å². The molecule has 1 atom stereocenters. The van der Waals surface area contributed by atoms with Crippen LogP contribution in [-0.2, 0) is 4.79 Å². The number of benzene rings is 2. The molecule has 144 valence electrons. The van der Waals surface area contributed by atoms with Crippen LogP contribution in [0.1, 0.15) is 22.8 Å². The maximum atomic E-state index is 12.4. The van der Waals surface area contributed by atoms with Gasteiger partial charge in [-0.1, -0.05) is 35.1 Å². The molecule has 1 heterocycles. The van der Waals surface area contributed by atoms with E-state index in [9.17, 15) is 9.59 Å². The fourth-order valence-electron chi connectivity index (χ4n) is 2.47. The number of hydrogen-bond acceptors (Lipinski definition) is 6. The van der Waals surface area contributed by atoms with Gasteiger partial charge in [0.25, 0.3) is 5.91 Å². The molecule has 0 radical (unpaired) electrons. The lowest BCUT2D eigenvalue weighted by Crippen LogP contribution is -2.41. The number of aryl methyl sites for hydroxylation is 1. The zero-order valence-corrected chi connectivity index (χ0v) is 16.5. The van der Waals surface area contributed by atoms with E-state index in [-0.39, 0.29) is 11.8 Å². The van der Waals surface area contributed by atoms with Crippen molar-refractivity contribution in [3.05, 3.63) is 59.7 Å². The van der Waals surface area contributed by atoms with Gasteiger partial charge in [0.1, 0.15) is 16.8 Å². The number of carbonyl (C=O) groups is 2. The lowest BCUT2D eigenvalue weighted by Gasteiger charge is -2.13. The van der Waals surface area contributed by atoms with Gasteiger partial charge >= 0.3 is 0 Å². The minimum atomic E-state index is -0.735. The van der Waals surface area contributed by atoms with E-state index >= 15 is 0 Å². The summed E-state index contributed by atoms with van der Waals surface area (Å²) in [6, 6.07) is 13.8. The molecule has 0 aliphatic heterocycles. The molecule has 0 bridgehead atoms. The van der Waals surface area contributed by atoms with E-state index in [0.29, 0.717) is 21.5 Å². The molecule has 0 aliphatic rings. The molecule has 2 aromatic carbocycles. The van der Waals surface area contributed by atoms with Gasteiger partial charge in [0.05, 0.1) is 7.11 Å². The van der Waals surface area contributed by atoms with Gasteiger partial charge in [0, 0.05) is 11.1 Å². The highest BCUT2D eigenvalue weighted by molar-refractivity contribution is 7.18. The molecule has 3 rings (SSSR count). The van der Waals surface area contributed by atoms with Gasteiger partial charge in [0.15, 0.2) is 0 Å². The number of carbonyl (C=O) groups excluding carboxylic acids is 2. The number of nitrogens with zero attached hydrogens (tertiary/aromatic N) is 2. The standard InChI is InChI=1S/C20H20N4O3S/c1-12-5-4-6-15(11-12)19-23-24-20(28-19)22-17(25)13(2)21-18(26)14-7-9-16(27-3)10-8-14/h4-11,13H,1-3H3,(H,21,26)(H,22,24,25). The molecule has 28 heavy (non-hydrogen) atoms. The Morgan fingerprint density at radius 2 is 1.86 bits per heavy atom. The third-order valence-corrected chi connectivity index (χ3v) is 4.90. The fraction of sp³-hybridized carbons (Fsp3) is 0.200. The molecule has 2 N–H and O–H groups in total. The summed E-state index contributed by atoms with van der Waals surface area (Å²) in [5.74, 6) is -0.0557. The minimum absolute atomic E-state index is 0.344. The maximum absolute atomic E-state index is 12.4. The topological polar surface area (TPSA) is 93.2 Å². The fourth-order valence-corrected chi connectivity index (χ4v) is 3.21. The van der Waals surface area contributed by atoms with E-state index in [1.54, 1.807) is 38.3 Å². The van der Waals surface area contributed by atoms with Crippen LogP contribution in [0, 0.1) is 6.92 Å². The third-order valence-electron chi connectivity index (χ3n) is 4.01. The van der Waals surface area contributed by atoms with Crippen LogP contribution in [0.2, 0.25) is 0 Å². The minimum Gasteiger partial charge on any atom is -0.497 e. The van der Waals surface area contributed by atoms with Crippen LogP contribution in [-0.4, -0.2) is 35.2 Å². The largest absolute Gasteiger partial charge is 0.497 e. The second-order valence-electron chi connectivity index (χ2n) is 6.19. The number of amides is 2. The molecule has 0 fully saturated rings. The van der Waals surface area contributed by atoms with Crippen LogP contribution in [0.5, 0.6) is 5.75 Å². The van der Waals surface area contributed by atoms with Crippen molar-refractivity contribution in [1.82, 2.24) is 15.5 Å². The average molecular weight is 396 g/mol. The summed E-state index contributed by atoms with van der Waals surface area (Å²) in [6.07, 6.45) is 0. The van der Waals surface area contributed by atoms with Crippen molar-refractivity contribution in [2.24, 2.45) is 0 Å². The summed E-state index contributed by atoms with van der Waals surface area (Å²) in [4.78, 5) is 24.6. The quantitative estimate of drug-likeness (QED) is 0.667. The van der Waals surface area contributed by atoms with E-state index in [4.69, 9.17) is 4.74 Å². The highest BCUT2D eigenvalue weighted by Gasteiger charge is 2.18. The number of nitrogens with one attached hydrogen (secondary N) is 2. The SMILES string of the molecule is COc1ccc(C(=O)NC(C)C(=O)Nc2nnc(-c3cccc(C)c3)s2)cc1. The molecule has 1 unspecified atom stereocenters. The Morgan fingerprint density at radius 1 is 1.11 bits per heavy atom. The van der Waals surface area contributed by atoms with Gasteiger partial charge in [-0.15, -0.1) is 10.2 Å². The second-order valence-corrected chi connectivity index (χ2v) is 7.17. The molecule has 0 spiro atoms. The van der Waals surface area contributed by atoms with Gasteiger partial charge < -0.3 is 10.1 Å². The number of anilines is 1. The zero-order valence-electron chi connectivity index (χ0n) is 15.7. The number of aromatic nitrogens is 2. The van der Waals surface area contributed by atoms with Crippen LogP contribution in [0.15, 0.2) is 48.5 Å². The molecule has 0 aliphatic carbocycles. The molecule has 3 aromatic rings. The van der Waals surface area contributed by atoms with Gasteiger partial charge in [-0.3, -0.25) is 14.9 Å². The van der Waals surface area contributed by atoms with Crippen molar-refractivity contribution in [2.45, 2.75) is 19.9 Å². The van der Waals surface area contributed by atoms with Gasteiger partial charge in [-0.2, -0.15) is 0 Å². The van der Waals surface area contributed by atoms with Gasteiger partial charge in [0.2, 0.25) is 11.0 Å². The van der Waals surface area contributed by atoms with Crippen LogP contribution in [0.4, 0.5) is 5.13 Å².